The molecule has 28 heavy (non-hydrogen) atoms. The molecular weight excluding hydrogens is 401 g/mol. The van der Waals surface area contributed by atoms with E-state index in [2.05, 4.69) is 14.1 Å². The SMILES string of the molecule is CS(=O)(=O)N[C@H]1CCOC[C@@H]1COc1ccc(-c2coc(C(F)(F)F)n2)cc1. The molecule has 0 aliphatic carbocycles. The van der Waals surface area contributed by atoms with Gasteiger partial charge in [0, 0.05) is 24.1 Å². The third-order valence-electron chi connectivity index (χ3n) is 4.20. The number of rotatable bonds is 6. The Labute approximate surface area is 159 Å². The molecule has 2 atom stereocenters. The van der Waals surface area contributed by atoms with Crippen LogP contribution in [0.2, 0.25) is 0 Å². The highest BCUT2D eigenvalue weighted by molar-refractivity contribution is 7.88. The van der Waals surface area contributed by atoms with Gasteiger partial charge in [0.2, 0.25) is 10.0 Å². The molecule has 1 aromatic heterocycles. The summed E-state index contributed by atoms with van der Waals surface area (Å²) in [5.74, 6) is -0.968. The maximum absolute atomic E-state index is 12.6. The summed E-state index contributed by atoms with van der Waals surface area (Å²) in [6, 6.07) is 6.05. The zero-order chi connectivity index (χ0) is 20.4. The molecule has 11 heteroatoms. The van der Waals surface area contributed by atoms with Gasteiger partial charge in [0.25, 0.3) is 0 Å². The summed E-state index contributed by atoms with van der Waals surface area (Å²) in [5, 5.41) is 0. The van der Waals surface area contributed by atoms with E-state index >= 15 is 0 Å². The van der Waals surface area contributed by atoms with E-state index < -0.39 is 22.1 Å². The number of hydrogen-bond donors (Lipinski definition) is 1. The van der Waals surface area contributed by atoms with Crippen LogP contribution in [-0.4, -0.2) is 45.5 Å². The molecule has 1 saturated heterocycles. The minimum Gasteiger partial charge on any atom is -0.493 e. The van der Waals surface area contributed by atoms with Crippen molar-refractivity contribution >= 4 is 10.0 Å². The second-order valence-electron chi connectivity index (χ2n) is 6.49. The molecule has 7 nitrogen and oxygen atoms in total. The molecule has 1 aliphatic heterocycles. The number of alkyl halides is 3. The molecule has 0 bridgehead atoms. The van der Waals surface area contributed by atoms with E-state index in [1.54, 1.807) is 24.3 Å². The molecule has 0 unspecified atom stereocenters. The Balaban J connectivity index is 1.62. The van der Waals surface area contributed by atoms with E-state index in [0.29, 0.717) is 30.9 Å². The number of hydrogen-bond acceptors (Lipinski definition) is 6. The lowest BCUT2D eigenvalue weighted by molar-refractivity contribution is -0.157. The quantitative estimate of drug-likeness (QED) is 0.773. The molecule has 2 heterocycles. The Morgan fingerprint density at radius 3 is 2.61 bits per heavy atom. The second-order valence-corrected chi connectivity index (χ2v) is 8.27. The molecule has 1 aliphatic rings. The molecule has 1 aromatic carbocycles. The van der Waals surface area contributed by atoms with Crippen LogP contribution in [0.15, 0.2) is 34.9 Å². The number of halogens is 3. The fraction of sp³-hybridized carbons (Fsp3) is 0.471. The molecule has 1 fully saturated rings. The van der Waals surface area contributed by atoms with Crippen LogP contribution in [0.25, 0.3) is 11.3 Å². The molecule has 1 N–H and O–H groups in total. The first-order chi connectivity index (χ1) is 13.1. The predicted octanol–water partition coefficient (Wildman–Crippen LogP) is 2.69. The summed E-state index contributed by atoms with van der Waals surface area (Å²) in [7, 11) is -3.34. The highest BCUT2D eigenvalue weighted by Crippen LogP contribution is 2.31. The lowest BCUT2D eigenvalue weighted by Crippen LogP contribution is -2.47. The normalized spacial score (nSPS) is 20.9. The van der Waals surface area contributed by atoms with Gasteiger partial charge in [-0.2, -0.15) is 13.2 Å². The number of ether oxygens (including phenoxy) is 2. The van der Waals surface area contributed by atoms with Gasteiger partial charge >= 0.3 is 12.1 Å². The van der Waals surface area contributed by atoms with Crippen molar-refractivity contribution in [1.29, 1.82) is 0 Å². The van der Waals surface area contributed by atoms with Crippen LogP contribution in [0.4, 0.5) is 13.2 Å². The third-order valence-corrected chi connectivity index (χ3v) is 4.93. The standard InChI is InChI=1S/C17H19F3N2O5S/c1-28(23,24)22-14-6-7-25-8-12(14)9-26-13-4-2-11(3-5-13)15-10-27-16(21-15)17(18,19)20/h2-5,10,12,14,22H,6-9H2,1H3/t12-,14+/m1/s1. The van der Waals surface area contributed by atoms with Crippen LogP contribution in [0.1, 0.15) is 12.3 Å². The van der Waals surface area contributed by atoms with E-state index in [9.17, 15) is 21.6 Å². The average Bonchev–Trinajstić information content (AvgIpc) is 3.11. The van der Waals surface area contributed by atoms with E-state index in [4.69, 9.17) is 9.47 Å². The van der Waals surface area contributed by atoms with Gasteiger partial charge in [-0.05, 0) is 30.7 Å². The number of sulfonamides is 1. The van der Waals surface area contributed by atoms with Gasteiger partial charge in [-0.1, -0.05) is 0 Å². The first-order valence-electron chi connectivity index (χ1n) is 8.43. The predicted molar refractivity (Wildman–Crippen MR) is 93.1 cm³/mol. The summed E-state index contributed by atoms with van der Waals surface area (Å²) in [5.41, 5.74) is 0.515. The van der Waals surface area contributed by atoms with Gasteiger partial charge in [0.05, 0.1) is 19.5 Å². The summed E-state index contributed by atoms with van der Waals surface area (Å²) >= 11 is 0. The first kappa shape index (κ1) is 20.6. The summed E-state index contributed by atoms with van der Waals surface area (Å²) in [6.45, 7) is 1.06. The maximum atomic E-state index is 12.6. The number of nitrogens with zero attached hydrogens (tertiary/aromatic N) is 1. The number of aromatic nitrogens is 1. The van der Waals surface area contributed by atoms with Crippen LogP contribution in [-0.2, 0) is 20.9 Å². The Morgan fingerprint density at radius 1 is 1.29 bits per heavy atom. The number of oxazole rings is 1. The monoisotopic (exact) mass is 420 g/mol. The largest absolute Gasteiger partial charge is 0.493 e. The van der Waals surface area contributed by atoms with Crippen LogP contribution >= 0.6 is 0 Å². The molecule has 0 saturated carbocycles. The van der Waals surface area contributed by atoms with Crippen LogP contribution < -0.4 is 9.46 Å². The van der Waals surface area contributed by atoms with Crippen molar-refractivity contribution in [1.82, 2.24) is 9.71 Å². The van der Waals surface area contributed by atoms with Crippen molar-refractivity contribution in [3.05, 3.63) is 36.4 Å². The smallest absolute Gasteiger partial charge is 0.468 e. The third kappa shape index (κ3) is 5.46. The highest BCUT2D eigenvalue weighted by Gasteiger charge is 2.37. The molecule has 154 valence electrons. The van der Waals surface area contributed by atoms with Crippen LogP contribution in [0, 0.1) is 5.92 Å². The van der Waals surface area contributed by atoms with E-state index in [1.807, 2.05) is 0 Å². The van der Waals surface area contributed by atoms with Crippen molar-refractivity contribution in [3.63, 3.8) is 0 Å². The maximum Gasteiger partial charge on any atom is 0.468 e. The number of benzene rings is 1. The molecule has 0 radical (unpaired) electrons. The highest BCUT2D eigenvalue weighted by atomic mass is 32.2. The second kappa shape index (κ2) is 8.10. The van der Waals surface area contributed by atoms with Gasteiger partial charge in [0.1, 0.15) is 17.7 Å². The summed E-state index contributed by atoms with van der Waals surface area (Å²) in [6.07, 6.45) is -2.04. The van der Waals surface area contributed by atoms with Gasteiger partial charge in [-0.15, -0.1) is 0 Å². The Hall–Kier alpha value is -2.11. The molecular formula is C17H19F3N2O5S. The van der Waals surface area contributed by atoms with Crippen LogP contribution in [0.5, 0.6) is 5.75 Å². The Kier molecular flexibility index (Phi) is 5.96. The van der Waals surface area contributed by atoms with Crippen molar-refractivity contribution < 1.29 is 35.5 Å². The van der Waals surface area contributed by atoms with E-state index in [-0.39, 0.29) is 24.3 Å². The van der Waals surface area contributed by atoms with E-state index in [1.165, 1.54) is 0 Å². The summed E-state index contributed by atoms with van der Waals surface area (Å²) in [4.78, 5) is 3.43. The minimum absolute atomic E-state index is 0.0666. The fourth-order valence-corrected chi connectivity index (χ4v) is 3.71. The van der Waals surface area contributed by atoms with Gasteiger partial charge in [-0.3, -0.25) is 0 Å². The molecule has 3 rings (SSSR count). The Bertz CT molecular complexity index is 896. The first-order valence-corrected chi connectivity index (χ1v) is 10.3. The average molecular weight is 420 g/mol. The van der Waals surface area contributed by atoms with Crippen LogP contribution in [0.3, 0.4) is 0 Å². The van der Waals surface area contributed by atoms with Gasteiger partial charge in [0.15, 0.2) is 0 Å². The van der Waals surface area contributed by atoms with Crippen molar-refractivity contribution in [2.24, 2.45) is 5.92 Å². The summed E-state index contributed by atoms with van der Waals surface area (Å²) < 4.78 is 78.8. The zero-order valence-electron chi connectivity index (χ0n) is 14.9. The topological polar surface area (TPSA) is 90.7 Å². The minimum atomic E-state index is -4.64. The van der Waals surface area contributed by atoms with Crippen molar-refractivity contribution in [2.45, 2.75) is 18.6 Å². The lowest BCUT2D eigenvalue weighted by atomic mass is 9.98. The fourth-order valence-electron chi connectivity index (χ4n) is 2.85. The lowest BCUT2D eigenvalue weighted by Gasteiger charge is -2.31. The van der Waals surface area contributed by atoms with E-state index in [0.717, 1.165) is 12.5 Å². The van der Waals surface area contributed by atoms with Crippen molar-refractivity contribution in [3.8, 4) is 17.0 Å². The zero-order valence-corrected chi connectivity index (χ0v) is 15.7. The Morgan fingerprint density at radius 2 is 2.00 bits per heavy atom. The van der Waals surface area contributed by atoms with Gasteiger partial charge in [-0.25, -0.2) is 18.1 Å². The number of nitrogens with one attached hydrogen (secondary N) is 1. The molecule has 2 aromatic rings. The molecule has 0 amide bonds. The van der Waals surface area contributed by atoms with Crippen molar-refractivity contribution in [2.75, 3.05) is 26.1 Å². The van der Waals surface area contributed by atoms with Gasteiger partial charge < -0.3 is 13.9 Å². The molecule has 0 spiro atoms.